The van der Waals surface area contributed by atoms with Crippen molar-refractivity contribution in [2.24, 2.45) is 5.10 Å². The van der Waals surface area contributed by atoms with Gasteiger partial charge in [0.25, 0.3) is 5.91 Å². The van der Waals surface area contributed by atoms with Crippen LogP contribution >= 0.6 is 23.2 Å². The molecule has 0 radical (unpaired) electrons. The molecule has 0 fully saturated rings. The standard InChI is InChI=1S/C23H18Cl2FN3O7/c1-12-6-13(26)2-3-18(12)36-19-9-17(25)16(24)8-15(19)23(34)28-14-7-20(30)29(27-10-14)11-35-22(33)5-4-21(31)32/h2-10,20,30H,11H2,1H3,(H,28,34)(H,31,32)/b5-4+. The Balaban J connectivity index is 1.71. The van der Waals surface area contributed by atoms with Crippen LogP contribution in [-0.2, 0) is 14.3 Å². The Bertz CT molecular complexity index is 1300. The van der Waals surface area contributed by atoms with E-state index in [4.69, 9.17) is 37.8 Å². The lowest BCUT2D eigenvalue weighted by molar-refractivity contribution is -0.146. The Hall–Kier alpha value is -3.93. The number of hydrazone groups is 1. The number of carbonyl (C=O) groups excluding carboxylic acids is 2. The molecule has 1 unspecified atom stereocenters. The number of benzene rings is 2. The molecule has 13 heteroatoms. The minimum absolute atomic E-state index is 0.00140. The lowest BCUT2D eigenvalue weighted by Gasteiger charge is -2.25. The van der Waals surface area contributed by atoms with Gasteiger partial charge in [-0.25, -0.2) is 19.0 Å². The maximum Gasteiger partial charge on any atom is 0.332 e. The second-order valence-electron chi connectivity index (χ2n) is 7.21. The molecule has 2 aromatic rings. The van der Waals surface area contributed by atoms with E-state index in [-0.39, 0.29) is 27.1 Å². The number of carboxylic acids is 1. The predicted octanol–water partition coefficient (Wildman–Crippen LogP) is 3.61. The van der Waals surface area contributed by atoms with Crippen molar-refractivity contribution < 1.29 is 38.5 Å². The Morgan fingerprint density at radius 3 is 2.56 bits per heavy atom. The van der Waals surface area contributed by atoms with Crippen LogP contribution in [0.1, 0.15) is 15.9 Å². The molecule has 2 aromatic carbocycles. The van der Waals surface area contributed by atoms with Crippen LogP contribution in [0.3, 0.4) is 0 Å². The molecule has 188 valence electrons. The number of halogens is 3. The van der Waals surface area contributed by atoms with Gasteiger partial charge >= 0.3 is 11.9 Å². The molecule has 3 rings (SSSR count). The van der Waals surface area contributed by atoms with Crippen molar-refractivity contribution in [2.45, 2.75) is 13.2 Å². The van der Waals surface area contributed by atoms with Gasteiger partial charge in [0.1, 0.15) is 17.3 Å². The lowest BCUT2D eigenvalue weighted by atomic mass is 10.1. The zero-order valence-corrected chi connectivity index (χ0v) is 20.0. The van der Waals surface area contributed by atoms with Crippen molar-refractivity contribution in [3.8, 4) is 11.5 Å². The zero-order chi connectivity index (χ0) is 26.4. The van der Waals surface area contributed by atoms with Gasteiger partial charge in [0.2, 0.25) is 0 Å². The monoisotopic (exact) mass is 537 g/mol. The van der Waals surface area contributed by atoms with Gasteiger partial charge in [0, 0.05) is 18.2 Å². The average Bonchev–Trinajstić information content (AvgIpc) is 2.81. The minimum Gasteiger partial charge on any atom is -0.478 e. The van der Waals surface area contributed by atoms with Crippen LogP contribution in [0.15, 0.2) is 59.4 Å². The maximum atomic E-state index is 13.4. The van der Waals surface area contributed by atoms with Crippen molar-refractivity contribution in [1.29, 1.82) is 0 Å². The molecular weight excluding hydrogens is 520 g/mol. The van der Waals surface area contributed by atoms with Crippen LogP contribution in [0.2, 0.25) is 10.0 Å². The molecule has 0 aliphatic carbocycles. The van der Waals surface area contributed by atoms with Gasteiger partial charge in [0.15, 0.2) is 13.0 Å². The molecule has 0 saturated carbocycles. The number of aliphatic hydroxyl groups excluding tert-OH is 1. The van der Waals surface area contributed by atoms with Crippen LogP contribution in [0.5, 0.6) is 11.5 Å². The first-order chi connectivity index (χ1) is 17.0. The number of allylic oxidation sites excluding steroid dienone is 1. The van der Waals surface area contributed by atoms with Crippen molar-refractivity contribution in [1.82, 2.24) is 10.3 Å². The molecule has 36 heavy (non-hydrogen) atoms. The van der Waals surface area contributed by atoms with Crippen molar-refractivity contribution in [3.63, 3.8) is 0 Å². The summed E-state index contributed by atoms with van der Waals surface area (Å²) in [7, 11) is 0. The van der Waals surface area contributed by atoms with Gasteiger partial charge in [-0.2, -0.15) is 5.10 Å². The number of esters is 1. The number of nitrogens with zero attached hydrogens (tertiary/aromatic N) is 2. The molecule has 1 aliphatic rings. The summed E-state index contributed by atoms with van der Waals surface area (Å²) < 4.78 is 24.0. The summed E-state index contributed by atoms with van der Waals surface area (Å²) >= 11 is 12.2. The lowest BCUT2D eigenvalue weighted by Crippen LogP contribution is -2.37. The fraction of sp³-hybridized carbons (Fsp3) is 0.130. The molecule has 3 N–H and O–H groups in total. The zero-order valence-electron chi connectivity index (χ0n) is 18.4. The van der Waals surface area contributed by atoms with E-state index < -0.39 is 36.6 Å². The predicted molar refractivity (Wildman–Crippen MR) is 127 cm³/mol. The number of amides is 1. The highest BCUT2D eigenvalue weighted by atomic mass is 35.5. The Morgan fingerprint density at radius 1 is 1.17 bits per heavy atom. The van der Waals surface area contributed by atoms with Gasteiger partial charge in [-0.05, 0) is 42.8 Å². The smallest absolute Gasteiger partial charge is 0.332 e. The number of aryl methyl sites for hydroxylation is 1. The van der Waals surface area contributed by atoms with Crippen LogP contribution in [0.25, 0.3) is 0 Å². The summed E-state index contributed by atoms with van der Waals surface area (Å²) in [5.41, 5.74) is 0.589. The normalized spacial score (nSPS) is 15.0. The summed E-state index contributed by atoms with van der Waals surface area (Å²) in [6, 6.07) is 6.51. The molecule has 1 atom stereocenters. The second kappa shape index (κ2) is 11.7. The van der Waals surface area contributed by atoms with Crippen molar-refractivity contribution in [3.05, 3.63) is 81.2 Å². The number of nitrogens with one attached hydrogen (secondary N) is 1. The largest absolute Gasteiger partial charge is 0.478 e. The van der Waals surface area contributed by atoms with Gasteiger partial charge in [-0.15, -0.1) is 0 Å². The second-order valence-corrected chi connectivity index (χ2v) is 8.03. The Kier molecular flexibility index (Phi) is 8.64. The molecule has 1 aliphatic heterocycles. The summed E-state index contributed by atoms with van der Waals surface area (Å²) in [5, 5.41) is 26.3. The number of hydrogen-bond donors (Lipinski definition) is 3. The third-order valence-electron chi connectivity index (χ3n) is 4.56. The van der Waals surface area contributed by atoms with E-state index in [1.165, 1.54) is 42.6 Å². The van der Waals surface area contributed by atoms with Crippen molar-refractivity contribution in [2.75, 3.05) is 6.73 Å². The molecule has 10 nitrogen and oxygen atoms in total. The molecule has 1 heterocycles. The van der Waals surface area contributed by atoms with Crippen molar-refractivity contribution >= 4 is 47.3 Å². The third kappa shape index (κ3) is 7.04. The maximum absolute atomic E-state index is 13.4. The molecule has 1 amide bonds. The van der Waals surface area contributed by atoms with Crippen LogP contribution in [-0.4, -0.2) is 52.2 Å². The summed E-state index contributed by atoms with van der Waals surface area (Å²) in [6.07, 6.45) is 2.33. The first-order valence-electron chi connectivity index (χ1n) is 10.1. The Labute approximate surface area is 213 Å². The van der Waals surface area contributed by atoms with E-state index in [1.807, 2.05) is 0 Å². The van der Waals surface area contributed by atoms with Crippen LogP contribution in [0, 0.1) is 12.7 Å². The summed E-state index contributed by atoms with van der Waals surface area (Å²) in [6.45, 7) is 1.14. The highest BCUT2D eigenvalue weighted by Crippen LogP contribution is 2.35. The number of hydrogen-bond acceptors (Lipinski definition) is 8. The van der Waals surface area contributed by atoms with E-state index in [1.54, 1.807) is 6.92 Å². The molecule has 0 aromatic heterocycles. The number of carbonyl (C=O) groups is 3. The van der Waals surface area contributed by atoms with E-state index in [0.717, 1.165) is 5.01 Å². The summed E-state index contributed by atoms with van der Waals surface area (Å²) in [5.74, 6) is -3.06. The molecule has 0 spiro atoms. The molecular formula is C23H18Cl2FN3O7. The van der Waals surface area contributed by atoms with Crippen LogP contribution in [0.4, 0.5) is 4.39 Å². The van der Waals surface area contributed by atoms with Gasteiger partial charge < -0.3 is 25.0 Å². The number of aliphatic hydroxyl groups is 1. The number of carboxylic acid groups (broad SMARTS) is 1. The minimum atomic E-state index is -1.38. The topological polar surface area (TPSA) is 138 Å². The highest BCUT2D eigenvalue weighted by molar-refractivity contribution is 6.42. The SMILES string of the molecule is Cc1cc(F)ccc1Oc1cc(Cl)c(Cl)cc1C(=O)NC1=CC(O)N(COC(=O)/C=C/C(=O)O)N=C1. The molecule has 0 bridgehead atoms. The molecule has 0 saturated heterocycles. The third-order valence-corrected chi connectivity index (χ3v) is 5.28. The average molecular weight is 538 g/mol. The Morgan fingerprint density at radius 2 is 1.89 bits per heavy atom. The van der Waals surface area contributed by atoms with E-state index in [2.05, 4.69) is 10.4 Å². The van der Waals surface area contributed by atoms with Gasteiger partial charge in [-0.1, -0.05) is 23.2 Å². The van der Waals surface area contributed by atoms with Crippen LogP contribution < -0.4 is 10.1 Å². The first-order valence-corrected chi connectivity index (χ1v) is 10.8. The first kappa shape index (κ1) is 26.7. The number of aliphatic carboxylic acids is 1. The number of rotatable bonds is 8. The number of ether oxygens (including phenoxy) is 2. The van der Waals surface area contributed by atoms with Gasteiger partial charge in [-0.3, -0.25) is 4.79 Å². The van der Waals surface area contributed by atoms with Gasteiger partial charge in [0.05, 0.1) is 27.5 Å². The fourth-order valence-electron chi connectivity index (χ4n) is 2.83. The fourth-order valence-corrected chi connectivity index (χ4v) is 3.15. The highest BCUT2D eigenvalue weighted by Gasteiger charge is 2.22. The van der Waals surface area contributed by atoms with E-state index in [0.29, 0.717) is 23.5 Å². The van der Waals surface area contributed by atoms with E-state index >= 15 is 0 Å². The summed E-state index contributed by atoms with van der Waals surface area (Å²) in [4.78, 5) is 34.9. The quantitative estimate of drug-likeness (QED) is 0.343. The van der Waals surface area contributed by atoms with E-state index in [9.17, 15) is 23.9 Å².